The fraction of sp³-hybridized carbons (Fsp3) is 0.562. The van der Waals surface area contributed by atoms with Gasteiger partial charge in [0.05, 0.1) is 11.6 Å². The van der Waals surface area contributed by atoms with Crippen LogP contribution in [0.2, 0.25) is 0 Å². The number of benzene rings is 1. The third kappa shape index (κ3) is 3.12. The maximum atomic E-state index is 8.89. The number of nitrogens with zero attached hydrogens (tertiary/aromatic N) is 1. The highest BCUT2D eigenvalue weighted by Crippen LogP contribution is 2.44. The van der Waals surface area contributed by atoms with E-state index in [4.69, 9.17) is 5.26 Å². The Morgan fingerprint density at radius 3 is 2.68 bits per heavy atom. The van der Waals surface area contributed by atoms with Gasteiger partial charge in [0.25, 0.3) is 0 Å². The lowest BCUT2D eigenvalue weighted by Gasteiger charge is -2.30. The summed E-state index contributed by atoms with van der Waals surface area (Å²) < 4.78 is 1.00. The van der Waals surface area contributed by atoms with Crippen molar-refractivity contribution < 1.29 is 0 Å². The molecule has 0 heterocycles. The highest BCUT2D eigenvalue weighted by molar-refractivity contribution is 9.10. The molecule has 2 nitrogen and oxygen atoms in total. The minimum Gasteiger partial charge on any atom is -0.381 e. The van der Waals surface area contributed by atoms with E-state index in [2.05, 4.69) is 27.3 Å². The summed E-state index contributed by atoms with van der Waals surface area (Å²) in [6, 6.07) is 8.56. The van der Waals surface area contributed by atoms with Crippen LogP contribution in [0.3, 0.4) is 0 Å². The van der Waals surface area contributed by atoms with Crippen molar-refractivity contribution >= 4 is 21.6 Å². The van der Waals surface area contributed by atoms with Gasteiger partial charge in [0.1, 0.15) is 0 Å². The lowest BCUT2D eigenvalue weighted by Crippen LogP contribution is -2.28. The van der Waals surface area contributed by atoms with Crippen molar-refractivity contribution in [2.75, 3.05) is 5.32 Å². The maximum Gasteiger partial charge on any atom is 0.0992 e. The van der Waals surface area contributed by atoms with Crippen LogP contribution in [0.1, 0.15) is 44.1 Å². The first-order valence-electron chi connectivity index (χ1n) is 7.22. The number of anilines is 1. The fourth-order valence-corrected chi connectivity index (χ4v) is 3.77. The normalized spacial score (nSPS) is 26.7. The quantitative estimate of drug-likeness (QED) is 0.876. The summed E-state index contributed by atoms with van der Waals surface area (Å²) in [6.45, 7) is 0. The van der Waals surface area contributed by atoms with Gasteiger partial charge in [-0.1, -0.05) is 12.8 Å². The van der Waals surface area contributed by atoms with Crippen LogP contribution in [0.15, 0.2) is 22.7 Å². The Balaban J connectivity index is 1.65. The van der Waals surface area contributed by atoms with Gasteiger partial charge in [0, 0.05) is 16.2 Å². The minimum absolute atomic E-state index is 0.601. The molecule has 2 aliphatic carbocycles. The van der Waals surface area contributed by atoms with Crippen molar-refractivity contribution in [3.05, 3.63) is 28.2 Å². The predicted octanol–water partition coefficient (Wildman–Crippen LogP) is 4.70. The molecule has 100 valence electrons. The van der Waals surface area contributed by atoms with Crippen LogP contribution < -0.4 is 5.32 Å². The topological polar surface area (TPSA) is 35.8 Å². The van der Waals surface area contributed by atoms with Gasteiger partial charge in [-0.05, 0) is 71.6 Å². The molecule has 1 aromatic rings. The summed E-state index contributed by atoms with van der Waals surface area (Å²) in [5.74, 6) is 1.97. The minimum atomic E-state index is 0.601. The van der Waals surface area contributed by atoms with E-state index in [-0.39, 0.29) is 0 Å². The largest absolute Gasteiger partial charge is 0.381 e. The Hall–Kier alpha value is -1.01. The highest BCUT2D eigenvalue weighted by atomic mass is 79.9. The molecule has 0 amide bonds. The van der Waals surface area contributed by atoms with E-state index in [1.165, 1.54) is 38.5 Å². The molecular weight excluding hydrogens is 300 g/mol. The van der Waals surface area contributed by atoms with Gasteiger partial charge in [-0.2, -0.15) is 5.26 Å². The molecule has 2 atom stereocenters. The SMILES string of the molecule is N#Cc1ccc(NC2CCCC(C3CC3)C2)c(Br)c1. The molecule has 2 fully saturated rings. The van der Waals surface area contributed by atoms with Crippen molar-refractivity contribution in [2.24, 2.45) is 11.8 Å². The average Bonchev–Trinajstić information content (AvgIpc) is 3.26. The van der Waals surface area contributed by atoms with Crippen LogP contribution >= 0.6 is 15.9 Å². The predicted molar refractivity (Wildman–Crippen MR) is 80.9 cm³/mol. The monoisotopic (exact) mass is 318 g/mol. The van der Waals surface area contributed by atoms with Crippen molar-refractivity contribution in [1.29, 1.82) is 5.26 Å². The Kier molecular flexibility index (Phi) is 3.79. The van der Waals surface area contributed by atoms with E-state index in [0.717, 1.165) is 22.0 Å². The van der Waals surface area contributed by atoms with Crippen LogP contribution in [-0.4, -0.2) is 6.04 Å². The number of rotatable bonds is 3. The zero-order valence-corrected chi connectivity index (χ0v) is 12.6. The summed E-state index contributed by atoms with van der Waals surface area (Å²) >= 11 is 3.56. The molecule has 0 saturated heterocycles. The number of halogens is 1. The second-order valence-electron chi connectivity index (χ2n) is 5.91. The van der Waals surface area contributed by atoms with Crippen molar-refractivity contribution in [1.82, 2.24) is 0 Å². The second-order valence-corrected chi connectivity index (χ2v) is 6.77. The van der Waals surface area contributed by atoms with Crippen LogP contribution in [-0.2, 0) is 0 Å². The molecule has 0 aromatic heterocycles. The van der Waals surface area contributed by atoms with Crippen LogP contribution in [0.5, 0.6) is 0 Å². The van der Waals surface area contributed by atoms with Crippen molar-refractivity contribution in [3.8, 4) is 6.07 Å². The van der Waals surface area contributed by atoms with Gasteiger partial charge >= 0.3 is 0 Å². The maximum absolute atomic E-state index is 8.89. The van der Waals surface area contributed by atoms with E-state index in [9.17, 15) is 0 Å². The average molecular weight is 319 g/mol. The Morgan fingerprint density at radius 2 is 2.00 bits per heavy atom. The molecule has 1 aromatic carbocycles. The molecule has 3 heteroatoms. The van der Waals surface area contributed by atoms with E-state index in [1.807, 2.05) is 18.2 Å². The first kappa shape index (κ1) is 13.0. The van der Waals surface area contributed by atoms with Gasteiger partial charge in [-0.25, -0.2) is 0 Å². The first-order chi connectivity index (χ1) is 9.26. The number of nitrogens with one attached hydrogen (secondary N) is 1. The van der Waals surface area contributed by atoms with Crippen LogP contribution in [0, 0.1) is 23.2 Å². The standard InChI is InChI=1S/C16H19BrN2/c17-15-8-11(10-18)4-7-16(15)19-14-3-1-2-13(9-14)12-5-6-12/h4,7-8,12-14,19H,1-3,5-6,9H2. The lowest BCUT2D eigenvalue weighted by molar-refractivity contribution is 0.303. The molecule has 0 spiro atoms. The third-order valence-corrected chi connectivity index (χ3v) is 5.12. The summed E-state index contributed by atoms with van der Waals surface area (Å²) in [4.78, 5) is 0. The summed E-state index contributed by atoms with van der Waals surface area (Å²) in [6.07, 6.45) is 8.28. The molecule has 2 unspecified atom stereocenters. The summed E-state index contributed by atoms with van der Waals surface area (Å²) in [5, 5.41) is 12.5. The molecule has 0 bridgehead atoms. The van der Waals surface area contributed by atoms with Gasteiger partial charge in [-0.15, -0.1) is 0 Å². The van der Waals surface area contributed by atoms with Gasteiger partial charge in [0.2, 0.25) is 0 Å². The van der Waals surface area contributed by atoms with Gasteiger partial charge < -0.3 is 5.32 Å². The molecule has 2 aliphatic rings. The highest BCUT2D eigenvalue weighted by Gasteiger charge is 2.34. The molecule has 0 radical (unpaired) electrons. The molecule has 1 N–H and O–H groups in total. The molecular formula is C16H19BrN2. The molecule has 2 saturated carbocycles. The van der Waals surface area contributed by atoms with E-state index in [0.29, 0.717) is 11.6 Å². The van der Waals surface area contributed by atoms with E-state index in [1.54, 1.807) is 0 Å². The lowest BCUT2D eigenvalue weighted by atomic mass is 9.82. The van der Waals surface area contributed by atoms with Crippen LogP contribution in [0.4, 0.5) is 5.69 Å². The van der Waals surface area contributed by atoms with E-state index < -0.39 is 0 Å². The third-order valence-electron chi connectivity index (χ3n) is 4.46. The smallest absolute Gasteiger partial charge is 0.0992 e. The van der Waals surface area contributed by atoms with Crippen molar-refractivity contribution in [3.63, 3.8) is 0 Å². The number of hydrogen-bond donors (Lipinski definition) is 1. The van der Waals surface area contributed by atoms with Crippen LogP contribution in [0.25, 0.3) is 0 Å². The zero-order valence-electron chi connectivity index (χ0n) is 11.0. The fourth-order valence-electron chi connectivity index (χ4n) is 3.28. The van der Waals surface area contributed by atoms with E-state index >= 15 is 0 Å². The second kappa shape index (κ2) is 5.54. The summed E-state index contributed by atoms with van der Waals surface area (Å²) in [5.41, 5.74) is 1.83. The Bertz CT molecular complexity index is 502. The molecule has 0 aliphatic heterocycles. The molecule has 3 rings (SSSR count). The van der Waals surface area contributed by atoms with Crippen molar-refractivity contribution in [2.45, 2.75) is 44.6 Å². The Labute approximate surface area is 123 Å². The molecule has 19 heavy (non-hydrogen) atoms. The Morgan fingerprint density at radius 1 is 1.16 bits per heavy atom. The van der Waals surface area contributed by atoms with Gasteiger partial charge in [0.15, 0.2) is 0 Å². The van der Waals surface area contributed by atoms with Gasteiger partial charge in [-0.3, -0.25) is 0 Å². The summed E-state index contributed by atoms with van der Waals surface area (Å²) in [7, 11) is 0. The first-order valence-corrected chi connectivity index (χ1v) is 8.02. The number of nitriles is 1. The zero-order chi connectivity index (χ0) is 13.2. The number of hydrogen-bond acceptors (Lipinski definition) is 2.